The van der Waals surface area contributed by atoms with E-state index in [1.54, 1.807) is 7.11 Å². The molecule has 1 aromatic carbocycles. The van der Waals surface area contributed by atoms with E-state index in [2.05, 4.69) is 41.2 Å². The number of guanidine groups is 1. The molecule has 1 saturated heterocycles. The molecule has 128 valence electrons. The quantitative estimate of drug-likeness (QED) is 0.624. The van der Waals surface area contributed by atoms with Crippen LogP contribution in [0, 0.1) is 19.8 Å². The molecule has 1 aromatic rings. The third-order valence-corrected chi connectivity index (χ3v) is 4.62. The standard InChI is InChI=1S/C18H30N4O/c1-14-4-5-17(12-15(14)2)21-18(19)20-13-16-6-8-22(9-7-16)10-11-23-3/h4-5,12,16H,6-11,13H2,1-3H3,(H3,19,20,21). The van der Waals surface area contributed by atoms with Crippen molar-refractivity contribution in [2.75, 3.05) is 45.2 Å². The Balaban J connectivity index is 1.75. The van der Waals surface area contributed by atoms with Gasteiger partial charge in [-0.2, -0.15) is 0 Å². The summed E-state index contributed by atoms with van der Waals surface area (Å²) < 4.78 is 5.13. The highest BCUT2D eigenvalue weighted by atomic mass is 16.5. The maximum atomic E-state index is 6.02. The average molecular weight is 318 g/mol. The molecule has 1 heterocycles. The highest BCUT2D eigenvalue weighted by Gasteiger charge is 2.18. The Morgan fingerprint density at radius 3 is 2.70 bits per heavy atom. The summed E-state index contributed by atoms with van der Waals surface area (Å²) in [7, 11) is 1.76. The Morgan fingerprint density at radius 2 is 2.04 bits per heavy atom. The molecule has 5 nitrogen and oxygen atoms in total. The highest BCUT2D eigenvalue weighted by molar-refractivity contribution is 5.92. The first-order valence-electron chi connectivity index (χ1n) is 8.44. The van der Waals surface area contributed by atoms with Crippen molar-refractivity contribution in [3.05, 3.63) is 29.3 Å². The Bertz CT molecular complexity index is 522. The van der Waals surface area contributed by atoms with Crippen molar-refractivity contribution < 1.29 is 4.74 Å². The number of likely N-dealkylation sites (tertiary alicyclic amines) is 1. The van der Waals surface area contributed by atoms with Crippen LogP contribution in [0.15, 0.2) is 23.2 Å². The minimum absolute atomic E-state index is 0.509. The van der Waals surface area contributed by atoms with E-state index in [4.69, 9.17) is 10.5 Å². The van der Waals surface area contributed by atoms with E-state index in [1.807, 2.05) is 6.07 Å². The summed E-state index contributed by atoms with van der Waals surface area (Å²) in [6, 6.07) is 6.24. The summed E-state index contributed by atoms with van der Waals surface area (Å²) in [4.78, 5) is 6.98. The van der Waals surface area contributed by atoms with Crippen LogP contribution in [0.4, 0.5) is 5.69 Å². The van der Waals surface area contributed by atoms with Crippen molar-refractivity contribution in [3.8, 4) is 0 Å². The van der Waals surface area contributed by atoms with Gasteiger partial charge < -0.3 is 20.7 Å². The van der Waals surface area contributed by atoms with Crippen LogP contribution in [-0.2, 0) is 4.74 Å². The van der Waals surface area contributed by atoms with Crippen molar-refractivity contribution in [1.29, 1.82) is 0 Å². The van der Waals surface area contributed by atoms with Crippen LogP contribution in [0.2, 0.25) is 0 Å². The predicted molar refractivity (Wildman–Crippen MR) is 97.1 cm³/mol. The predicted octanol–water partition coefficient (Wildman–Crippen LogP) is 2.39. The van der Waals surface area contributed by atoms with Crippen molar-refractivity contribution >= 4 is 11.6 Å². The summed E-state index contributed by atoms with van der Waals surface area (Å²) in [6.07, 6.45) is 2.37. The van der Waals surface area contributed by atoms with Crippen LogP contribution in [0.25, 0.3) is 0 Å². The van der Waals surface area contributed by atoms with Crippen LogP contribution in [0.5, 0.6) is 0 Å². The van der Waals surface area contributed by atoms with Crippen molar-refractivity contribution in [2.45, 2.75) is 26.7 Å². The summed E-state index contributed by atoms with van der Waals surface area (Å²) >= 11 is 0. The molecule has 0 amide bonds. The van der Waals surface area contributed by atoms with Gasteiger partial charge in [-0.1, -0.05) is 6.07 Å². The fourth-order valence-corrected chi connectivity index (χ4v) is 2.85. The second-order valence-corrected chi connectivity index (χ2v) is 6.43. The number of methoxy groups -OCH3 is 1. The van der Waals surface area contributed by atoms with E-state index in [9.17, 15) is 0 Å². The molecule has 0 unspecified atom stereocenters. The Morgan fingerprint density at radius 1 is 1.30 bits per heavy atom. The summed E-state index contributed by atoms with van der Waals surface area (Å²) in [5, 5.41) is 3.19. The number of piperidine rings is 1. The number of hydrogen-bond donors (Lipinski definition) is 2. The van der Waals surface area contributed by atoms with Crippen molar-refractivity contribution in [3.63, 3.8) is 0 Å². The number of nitrogens with one attached hydrogen (secondary N) is 1. The van der Waals surface area contributed by atoms with Crippen LogP contribution in [-0.4, -0.2) is 50.8 Å². The van der Waals surface area contributed by atoms with Gasteiger partial charge in [0.1, 0.15) is 0 Å². The van der Waals surface area contributed by atoms with Crippen molar-refractivity contribution in [1.82, 2.24) is 4.90 Å². The zero-order valence-corrected chi connectivity index (χ0v) is 14.6. The summed E-state index contributed by atoms with van der Waals surface area (Å²) in [5.74, 6) is 1.14. The number of aliphatic imine (C=N–C) groups is 1. The number of ether oxygens (including phenoxy) is 1. The molecule has 1 fully saturated rings. The fraction of sp³-hybridized carbons (Fsp3) is 0.611. The molecular formula is C18H30N4O. The van der Waals surface area contributed by atoms with E-state index in [-0.39, 0.29) is 0 Å². The lowest BCUT2D eigenvalue weighted by Crippen LogP contribution is -2.37. The largest absolute Gasteiger partial charge is 0.383 e. The van der Waals surface area contributed by atoms with E-state index >= 15 is 0 Å². The van der Waals surface area contributed by atoms with E-state index in [0.717, 1.165) is 38.5 Å². The molecule has 0 aliphatic carbocycles. The molecule has 0 atom stereocenters. The van der Waals surface area contributed by atoms with Crippen LogP contribution >= 0.6 is 0 Å². The van der Waals surface area contributed by atoms with Crippen molar-refractivity contribution in [2.24, 2.45) is 16.6 Å². The fourth-order valence-electron chi connectivity index (χ4n) is 2.85. The number of benzene rings is 1. The summed E-state index contributed by atoms with van der Waals surface area (Å²) in [6.45, 7) is 9.13. The number of rotatable bonds is 6. The van der Waals surface area contributed by atoms with Gasteiger partial charge in [0.15, 0.2) is 5.96 Å². The lowest BCUT2D eigenvalue weighted by Gasteiger charge is -2.30. The van der Waals surface area contributed by atoms with Gasteiger partial charge in [-0.15, -0.1) is 0 Å². The normalized spacial score (nSPS) is 17.4. The average Bonchev–Trinajstić information content (AvgIpc) is 2.55. The minimum Gasteiger partial charge on any atom is -0.383 e. The molecule has 3 N–H and O–H groups in total. The molecule has 0 spiro atoms. The Kier molecular flexibility index (Phi) is 6.86. The molecule has 0 radical (unpaired) electrons. The van der Waals surface area contributed by atoms with Gasteiger partial charge in [-0.05, 0) is 69.0 Å². The molecule has 0 bridgehead atoms. The lowest BCUT2D eigenvalue weighted by atomic mass is 9.97. The maximum Gasteiger partial charge on any atom is 0.193 e. The first-order chi connectivity index (χ1) is 11.1. The van der Waals surface area contributed by atoms with Crippen LogP contribution < -0.4 is 11.1 Å². The zero-order valence-electron chi connectivity index (χ0n) is 14.6. The molecule has 23 heavy (non-hydrogen) atoms. The smallest absolute Gasteiger partial charge is 0.193 e. The number of anilines is 1. The monoisotopic (exact) mass is 318 g/mol. The van der Waals surface area contributed by atoms with Gasteiger partial charge in [-0.3, -0.25) is 4.99 Å². The second kappa shape index (κ2) is 8.89. The van der Waals surface area contributed by atoms with Gasteiger partial charge in [0.25, 0.3) is 0 Å². The topological polar surface area (TPSA) is 62.9 Å². The van der Waals surface area contributed by atoms with E-state index < -0.39 is 0 Å². The first kappa shape index (κ1) is 17.8. The first-order valence-corrected chi connectivity index (χ1v) is 8.44. The van der Waals surface area contributed by atoms with Crippen LogP contribution in [0.1, 0.15) is 24.0 Å². The second-order valence-electron chi connectivity index (χ2n) is 6.43. The Labute approximate surface area is 139 Å². The SMILES string of the molecule is COCCN1CCC(CN=C(N)Nc2ccc(C)c(C)c2)CC1. The lowest BCUT2D eigenvalue weighted by molar-refractivity contribution is 0.121. The summed E-state index contributed by atoms with van der Waals surface area (Å²) in [5.41, 5.74) is 9.56. The molecular weight excluding hydrogens is 288 g/mol. The molecule has 0 saturated carbocycles. The molecule has 2 rings (SSSR count). The number of aryl methyl sites for hydroxylation is 2. The third-order valence-electron chi connectivity index (χ3n) is 4.62. The molecule has 5 heteroatoms. The van der Waals surface area contributed by atoms with Gasteiger partial charge in [-0.25, -0.2) is 0 Å². The van der Waals surface area contributed by atoms with Gasteiger partial charge in [0.2, 0.25) is 0 Å². The zero-order chi connectivity index (χ0) is 16.7. The highest BCUT2D eigenvalue weighted by Crippen LogP contribution is 2.17. The third kappa shape index (κ3) is 5.84. The number of nitrogens with two attached hydrogens (primary N) is 1. The van der Waals surface area contributed by atoms with E-state index in [1.165, 1.54) is 24.0 Å². The molecule has 0 aromatic heterocycles. The molecule has 1 aliphatic heterocycles. The Hall–Kier alpha value is -1.59. The van der Waals surface area contributed by atoms with E-state index in [0.29, 0.717) is 11.9 Å². The number of hydrogen-bond acceptors (Lipinski definition) is 3. The minimum atomic E-state index is 0.509. The number of nitrogens with zero attached hydrogens (tertiary/aromatic N) is 2. The van der Waals surface area contributed by atoms with Gasteiger partial charge in [0.05, 0.1) is 6.61 Å². The van der Waals surface area contributed by atoms with Crippen LogP contribution in [0.3, 0.4) is 0 Å². The van der Waals surface area contributed by atoms with Gasteiger partial charge >= 0.3 is 0 Å². The maximum absolute atomic E-state index is 6.02. The molecule has 1 aliphatic rings. The van der Waals surface area contributed by atoms with Gasteiger partial charge in [0, 0.05) is 25.9 Å².